The SMILES string of the molecule is CCNC(c1ccc(C)c(F)c1F)C1CSCCN1C. The summed E-state index contributed by atoms with van der Waals surface area (Å²) in [5.74, 6) is 0.594. The molecule has 0 spiro atoms. The molecule has 5 heteroatoms. The molecule has 2 unspecified atom stereocenters. The van der Waals surface area contributed by atoms with Crippen LogP contribution in [0.2, 0.25) is 0 Å². The standard InChI is InChI=1S/C15H22F2N2S/c1-4-18-15(12-9-20-8-7-19(12)3)11-6-5-10(2)13(16)14(11)17/h5-6,12,15,18H,4,7-9H2,1-3H3. The molecule has 0 bridgehead atoms. The number of benzene rings is 1. The lowest BCUT2D eigenvalue weighted by Crippen LogP contribution is -2.48. The van der Waals surface area contributed by atoms with Crippen molar-refractivity contribution in [3.05, 3.63) is 34.9 Å². The highest BCUT2D eigenvalue weighted by Gasteiger charge is 2.31. The van der Waals surface area contributed by atoms with Crippen molar-refractivity contribution in [1.82, 2.24) is 10.2 Å². The number of nitrogens with one attached hydrogen (secondary N) is 1. The molecule has 1 aromatic rings. The van der Waals surface area contributed by atoms with E-state index in [1.54, 1.807) is 19.1 Å². The highest BCUT2D eigenvalue weighted by Crippen LogP contribution is 2.30. The number of nitrogens with zero attached hydrogens (tertiary/aromatic N) is 1. The van der Waals surface area contributed by atoms with Gasteiger partial charge in [0, 0.05) is 29.7 Å². The number of aryl methyl sites for hydroxylation is 1. The van der Waals surface area contributed by atoms with E-state index >= 15 is 0 Å². The Morgan fingerprint density at radius 2 is 2.15 bits per heavy atom. The van der Waals surface area contributed by atoms with Crippen LogP contribution in [-0.2, 0) is 0 Å². The fourth-order valence-corrected chi connectivity index (χ4v) is 3.90. The minimum atomic E-state index is -0.725. The molecule has 2 rings (SSSR count). The Morgan fingerprint density at radius 3 is 2.80 bits per heavy atom. The second-order valence-electron chi connectivity index (χ2n) is 5.26. The molecule has 2 nitrogen and oxygen atoms in total. The average molecular weight is 300 g/mol. The van der Waals surface area contributed by atoms with Crippen molar-refractivity contribution >= 4 is 11.8 Å². The van der Waals surface area contributed by atoms with E-state index in [2.05, 4.69) is 17.3 Å². The molecule has 1 saturated heterocycles. The van der Waals surface area contributed by atoms with Crippen LogP contribution in [0.1, 0.15) is 24.1 Å². The number of likely N-dealkylation sites (N-methyl/N-ethyl adjacent to an activating group) is 2. The maximum atomic E-state index is 14.3. The molecule has 1 fully saturated rings. The van der Waals surface area contributed by atoms with E-state index in [9.17, 15) is 8.78 Å². The van der Waals surface area contributed by atoms with Gasteiger partial charge in [-0.25, -0.2) is 8.78 Å². The maximum absolute atomic E-state index is 14.3. The van der Waals surface area contributed by atoms with Crippen LogP contribution >= 0.6 is 11.8 Å². The van der Waals surface area contributed by atoms with Gasteiger partial charge in [-0.05, 0) is 26.1 Å². The first-order valence-corrected chi connectivity index (χ1v) is 8.17. The summed E-state index contributed by atoms with van der Waals surface area (Å²) in [6, 6.07) is 3.39. The first-order valence-electron chi connectivity index (χ1n) is 7.02. The van der Waals surface area contributed by atoms with Gasteiger partial charge in [-0.15, -0.1) is 0 Å². The number of hydrogen-bond acceptors (Lipinski definition) is 3. The van der Waals surface area contributed by atoms with Crippen molar-refractivity contribution in [2.45, 2.75) is 25.9 Å². The molecule has 1 aromatic carbocycles. The molecule has 0 saturated carbocycles. The molecule has 1 aliphatic heterocycles. The van der Waals surface area contributed by atoms with Gasteiger partial charge in [-0.3, -0.25) is 4.90 Å². The zero-order valence-electron chi connectivity index (χ0n) is 12.2. The fraction of sp³-hybridized carbons (Fsp3) is 0.600. The summed E-state index contributed by atoms with van der Waals surface area (Å²) in [5.41, 5.74) is 0.794. The van der Waals surface area contributed by atoms with Crippen molar-refractivity contribution in [3.8, 4) is 0 Å². The topological polar surface area (TPSA) is 15.3 Å². The molecule has 112 valence electrons. The Balaban J connectivity index is 2.35. The molecular weight excluding hydrogens is 278 g/mol. The van der Waals surface area contributed by atoms with Crippen LogP contribution in [0, 0.1) is 18.6 Å². The van der Waals surface area contributed by atoms with E-state index in [0.29, 0.717) is 11.1 Å². The first-order chi connectivity index (χ1) is 9.56. The molecule has 1 N–H and O–H groups in total. The summed E-state index contributed by atoms with van der Waals surface area (Å²) in [6.45, 7) is 5.29. The number of rotatable bonds is 4. The van der Waals surface area contributed by atoms with Gasteiger partial charge >= 0.3 is 0 Å². The van der Waals surface area contributed by atoms with E-state index in [1.807, 2.05) is 18.7 Å². The summed E-state index contributed by atoms with van der Waals surface area (Å²) < 4.78 is 28.1. The Bertz CT molecular complexity index is 467. The quantitative estimate of drug-likeness (QED) is 0.920. The van der Waals surface area contributed by atoms with Gasteiger partial charge < -0.3 is 5.32 Å². The van der Waals surface area contributed by atoms with E-state index in [4.69, 9.17) is 0 Å². The van der Waals surface area contributed by atoms with Gasteiger partial charge in [0.15, 0.2) is 11.6 Å². The van der Waals surface area contributed by atoms with Crippen molar-refractivity contribution < 1.29 is 8.78 Å². The number of thioether (sulfide) groups is 1. The summed E-state index contributed by atoms with van der Waals surface area (Å²) in [6.07, 6.45) is 0. The molecule has 0 radical (unpaired) electrons. The molecular formula is C15H22F2N2S. The molecule has 1 heterocycles. The summed E-state index contributed by atoms with van der Waals surface area (Å²) in [7, 11) is 2.05. The molecule has 0 aliphatic carbocycles. The Morgan fingerprint density at radius 1 is 1.40 bits per heavy atom. The molecule has 0 amide bonds. The molecule has 20 heavy (non-hydrogen) atoms. The van der Waals surface area contributed by atoms with Gasteiger partial charge in [-0.2, -0.15) is 11.8 Å². The van der Waals surface area contributed by atoms with Crippen LogP contribution in [0.4, 0.5) is 8.78 Å². The van der Waals surface area contributed by atoms with Crippen LogP contribution in [0.25, 0.3) is 0 Å². The van der Waals surface area contributed by atoms with Crippen LogP contribution in [0.15, 0.2) is 12.1 Å². The van der Waals surface area contributed by atoms with E-state index in [1.165, 1.54) is 0 Å². The van der Waals surface area contributed by atoms with Crippen molar-refractivity contribution in [1.29, 1.82) is 0 Å². The third-order valence-corrected chi connectivity index (χ3v) is 4.94. The normalized spacial score (nSPS) is 21.9. The Hall–Kier alpha value is -0.650. The number of halogens is 2. The lowest BCUT2D eigenvalue weighted by molar-refractivity contribution is 0.213. The minimum Gasteiger partial charge on any atom is -0.309 e. The summed E-state index contributed by atoms with van der Waals surface area (Å²) in [5, 5.41) is 3.32. The summed E-state index contributed by atoms with van der Waals surface area (Å²) >= 11 is 1.87. The van der Waals surface area contributed by atoms with Crippen LogP contribution in [0.5, 0.6) is 0 Å². The van der Waals surface area contributed by atoms with Crippen molar-refractivity contribution in [2.75, 3.05) is 31.6 Å². The second-order valence-corrected chi connectivity index (χ2v) is 6.41. The lowest BCUT2D eigenvalue weighted by Gasteiger charge is -2.38. The maximum Gasteiger partial charge on any atom is 0.163 e. The average Bonchev–Trinajstić information content (AvgIpc) is 2.44. The smallest absolute Gasteiger partial charge is 0.163 e. The van der Waals surface area contributed by atoms with Crippen molar-refractivity contribution in [3.63, 3.8) is 0 Å². The van der Waals surface area contributed by atoms with Crippen LogP contribution < -0.4 is 5.32 Å². The zero-order chi connectivity index (χ0) is 14.7. The monoisotopic (exact) mass is 300 g/mol. The third-order valence-electron chi connectivity index (χ3n) is 3.89. The van der Waals surface area contributed by atoms with E-state index < -0.39 is 11.6 Å². The Labute approximate surface area is 123 Å². The first kappa shape index (κ1) is 15.7. The fourth-order valence-electron chi connectivity index (χ4n) is 2.63. The van der Waals surface area contributed by atoms with E-state index in [0.717, 1.165) is 24.6 Å². The van der Waals surface area contributed by atoms with Crippen LogP contribution in [0.3, 0.4) is 0 Å². The van der Waals surface area contributed by atoms with Gasteiger partial charge in [0.1, 0.15) is 0 Å². The minimum absolute atomic E-state index is 0.173. The molecule has 0 aromatic heterocycles. The molecule has 1 aliphatic rings. The highest BCUT2D eigenvalue weighted by atomic mass is 32.2. The van der Waals surface area contributed by atoms with E-state index in [-0.39, 0.29) is 12.1 Å². The predicted molar refractivity (Wildman–Crippen MR) is 81.3 cm³/mol. The Kier molecular flexibility index (Phi) is 5.41. The predicted octanol–water partition coefficient (Wildman–Crippen LogP) is 2.97. The molecule has 2 atom stereocenters. The largest absolute Gasteiger partial charge is 0.309 e. The van der Waals surface area contributed by atoms with Crippen molar-refractivity contribution in [2.24, 2.45) is 0 Å². The van der Waals surface area contributed by atoms with Crippen LogP contribution in [-0.4, -0.2) is 42.6 Å². The lowest BCUT2D eigenvalue weighted by atomic mass is 9.97. The van der Waals surface area contributed by atoms with Gasteiger partial charge in [0.05, 0.1) is 6.04 Å². The zero-order valence-corrected chi connectivity index (χ0v) is 13.1. The van der Waals surface area contributed by atoms with Gasteiger partial charge in [-0.1, -0.05) is 19.1 Å². The third kappa shape index (κ3) is 3.15. The summed E-state index contributed by atoms with van der Waals surface area (Å²) in [4.78, 5) is 2.24. The number of hydrogen-bond donors (Lipinski definition) is 1. The second kappa shape index (κ2) is 6.87. The van der Waals surface area contributed by atoms with Gasteiger partial charge in [0.25, 0.3) is 0 Å². The van der Waals surface area contributed by atoms with Gasteiger partial charge in [0.2, 0.25) is 0 Å². The highest BCUT2D eigenvalue weighted by molar-refractivity contribution is 7.99.